The number of aryl methyl sites for hydroxylation is 1. The molecule has 0 N–H and O–H groups in total. The van der Waals surface area contributed by atoms with Gasteiger partial charge < -0.3 is 9.47 Å². The van der Waals surface area contributed by atoms with Gasteiger partial charge in [-0.3, -0.25) is 0 Å². The first-order valence-electron chi connectivity index (χ1n) is 7.35. The number of carbonyl (C=O) groups is 2. The van der Waals surface area contributed by atoms with Gasteiger partial charge in [0.15, 0.2) is 5.70 Å². The molecule has 120 valence electrons. The van der Waals surface area contributed by atoms with Gasteiger partial charge in [-0.05, 0) is 42.8 Å². The molecule has 0 bridgehead atoms. The van der Waals surface area contributed by atoms with Crippen molar-refractivity contribution < 1.29 is 19.1 Å². The van der Waals surface area contributed by atoms with Crippen LogP contribution in [0.2, 0.25) is 0 Å². The zero-order chi connectivity index (χ0) is 17.1. The Morgan fingerprint density at radius 2 is 1.92 bits per heavy atom. The lowest BCUT2D eigenvalue weighted by Gasteiger charge is -2.00. The van der Waals surface area contributed by atoms with Gasteiger partial charge in [0, 0.05) is 5.56 Å². The summed E-state index contributed by atoms with van der Waals surface area (Å²) in [6, 6.07) is 14.3. The molecule has 0 saturated carbocycles. The van der Waals surface area contributed by atoms with E-state index in [0.717, 1.165) is 16.7 Å². The molecule has 0 amide bonds. The van der Waals surface area contributed by atoms with Crippen molar-refractivity contribution in [2.75, 3.05) is 7.11 Å². The molecule has 1 aliphatic rings. The third kappa shape index (κ3) is 3.25. The van der Waals surface area contributed by atoms with Crippen LogP contribution in [0.15, 0.2) is 59.2 Å². The summed E-state index contributed by atoms with van der Waals surface area (Å²) in [6.07, 6.45) is 1.62. The van der Waals surface area contributed by atoms with E-state index in [4.69, 9.17) is 4.74 Å². The summed E-state index contributed by atoms with van der Waals surface area (Å²) in [4.78, 5) is 27.7. The molecule has 24 heavy (non-hydrogen) atoms. The monoisotopic (exact) mass is 321 g/mol. The first-order valence-corrected chi connectivity index (χ1v) is 7.35. The Balaban J connectivity index is 1.87. The van der Waals surface area contributed by atoms with Gasteiger partial charge in [-0.25, -0.2) is 14.6 Å². The average molecular weight is 321 g/mol. The van der Waals surface area contributed by atoms with E-state index in [1.54, 1.807) is 30.3 Å². The maximum absolute atomic E-state index is 12.0. The van der Waals surface area contributed by atoms with E-state index in [1.807, 2.05) is 31.2 Å². The van der Waals surface area contributed by atoms with E-state index in [2.05, 4.69) is 9.73 Å². The highest BCUT2D eigenvalue weighted by atomic mass is 16.6. The van der Waals surface area contributed by atoms with E-state index in [0.29, 0.717) is 11.5 Å². The van der Waals surface area contributed by atoms with Crippen LogP contribution < -0.4 is 0 Å². The van der Waals surface area contributed by atoms with Crippen LogP contribution in [-0.2, 0) is 14.3 Å². The third-order valence-corrected chi connectivity index (χ3v) is 3.52. The van der Waals surface area contributed by atoms with Crippen molar-refractivity contribution in [3.8, 4) is 0 Å². The molecule has 1 aliphatic heterocycles. The summed E-state index contributed by atoms with van der Waals surface area (Å²) in [6.45, 7) is 1.96. The number of nitrogens with zero attached hydrogens (tertiary/aromatic N) is 1. The predicted octanol–water partition coefficient (Wildman–Crippen LogP) is 3.13. The molecular formula is C19H15NO4. The number of cyclic esters (lactones) is 1. The minimum absolute atomic E-state index is 0.220. The number of benzene rings is 2. The molecule has 3 rings (SSSR count). The molecule has 2 aromatic carbocycles. The Hall–Kier alpha value is -3.21. The van der Waals surface area contributed by atoms with E-state index >= 15 is 0 Å². The van der Waals surface area contributed by atoms with Crippen molar-refractivity contribution in [1.82, 2.24) is 0 Å². The van der Waals surface area contributed by atoms with Crippen molar-refractivity contribution >= 4 is 23.9 Å². The van der Waals surface area contributed by atoms with E-state index in [1.165, 1.54) is 7.11 Å². The minimum Gasteiger partial charge on any atom is -0.465 e. The minimum atomic E-state index is -0.497. The van der Waals surface area contributed by atoms with Gasteiger partial charge in [-0.15, -0.1) is 0 Å². The first-order chi connectivity index (χ1) is 11.6. The Morgan fingerprint density at radius 3 is 2.58 bits per heavy atom. The SMILES string of the molecule is COC(=O)c1ccc(/C=C2\N=C(c3cccc(C)c3)OC2=O)cc1. The summed E-state index contributed by atoms with van der Waals surface area (Å²) in [7, 11) is 1.33. The highest BCUT2D eigenvalue weighted by Gasteiger charge is 2.24. The molecule has 0 aromatic heterocycles. The molecule has 5 heteroatoms. The molecule has 0 saturated heterocycles. The lowest BCUT2D eigenvalue weighted by atomic mass is 10.1. The quantitative estimate of drug-likeness (QED) is 0.643. The standard InChI is InChI=1S/C19H15NO4/c1-12-4-3-5-15(10-12)17-20-16(19(22)24-17)11-13-6-8-14(9-7-13)18(21)23-2/h3-11H,1-2H3/b16-11-. The van der Waals surface area contributed by atoms with Gasteiger partial charge in [0.05, 0.1) is 12.7 Å². The van der Waals surface area contributed by atoms with E-state index in [-0.39, 0.29) is 5.70 Å². The molecule has 0 aliphatic carbocycles. The number of methoxy groups -OCH3 is 1. The Bertz CT molecular complexity index is 863. The largest absolute Gasteiger partial charge is 0.465 e. The molecule has 0 fully saturated rings. The van der Waals surface area contributed by atoms with Crippen LogP contribution in [0.5, 0.6) is 0 Å². The number of ether oxygens (including phenoxy) is 2. The molecular weight excluding hydrogens is 306 g/mol. The molecule has 2 aromatic rings. The molecule has 0 atom stereocenters. The normalized spacial score (nSPS) is 15.2. The van der Waals surface area contributed by atoms with Crippen molar-refractivity contribution in [2.24, 2.45) is 4.99 Å². The van der Waals surface area contributed by atoms with E-state index < -0.39 is 11.9 Å². The second-order valence-corrected chi connectivity index (χ2v) is 5.32. The van der Waals surface area contributed by atoms with Gasteiger partial charge >= 0.3 is 11.9 Å². The van der Waals surface area contributed by atoms with Crippen molar-refractivity contribution in [1.29, 1.82) is 0 Å². The van der Waals surface area contributed by atoms with Crippen molar-refractivity contribution in [2.45, 2.75) is 6.92 Å². The Kier molecular flexibility index (Phi) is 4.24. The number of hydrogen-bond acceptors (Lipinski definition) is 5. The molecule has 0 spiro atoms. The zero-order valence-corrected chi connectivity index (χ0v) is 13.3. The number of carbonyl (C=O) groups excluding carboxylic acids is 2. The third-order valence-electron chi connectivity index (χ3n) is 3.52. The zero-order valence-electron chi connectivity index (χ0n) is 13.3. The number of rotatable bonds is 3. The molecule has 0 unspecified atom stereocenters. The Morgan fingerprint density at radius 1 is 1.17 bits per heavy atom. The summed E-state index contributed by atoms with van der Waals surface area (Å²) in [5, 5.41) is 0. The molecule has 5 nitrogen and oxygen atoms in total. The summed E-state index contributed by atoms with van der Waals surface area (Å²) < 4.78 is 9.88. The predicted molar refractivity (Wildman–Crippen MR) is 89.6 cm³/mol. The topological polar surface area (TPSA) is 65.0 Å². The number of hydrogen-bond donors (Lipinski definition) is 0. The van der Waals surface area contributed by atoms with E-state index in [9.17, 15) is 9.59 Å². The van der Waals surface area contributed by atoms with Crippen LogP contribution in [0, 0.1) is 6.92 Å². The first kappa shape index (κ1) is 15.7. The van der Waals surface area contributed by atoms with Crippen LogP contribution in [0.3, 0.4) is 0 Å². The number of esters is 2. The fourth-order valence-corrected chi connectivity index (χ4v) is 2.30. The van der Waals surface area contributed by atoms with Gasteiger partial charge in [-0.1, -0.05) is 29.8 Å². The molecule has 1 heterocycles. The van der Waals surface area contributed by atoms with Crippen LogP contribution in [0.4, 0.5) is 0 Å². The lowest BCUT2D eigenvalue weighted by molar-refractivity contribution is -0.129. The van der Waals surface area contributed by atoms with Crippen molar-refractivity contribution in [3.63, 3.8) is 0 Å². The maximum Gasteiger partial charge on any atom is 0.363 e. The fourth-order valence-electron chi connectivity index (χ4n) is 2.30. The van der Waals surface area contributed by atoms with Gasteiger partial charge in [0.25, 0.3) is 0 Å². The maximum atomic E-state index is 12.0. The summed E-state index contributed by atoms with van der Waals surface area (Å²) in [5.41, 5.74) is 3.22. The Labute approximate surface area is 139 Å². The molecule has 0 radical (unpaired) electrons. The van der Waals surface area contributed by atoms with Crippen LogP contribution in [0.1, 0.15) is 27.0 Å². The highest BCUT2D eigenvalue weighted by Crippen LogP contribution is 2.20. The van der Waals surface area contributed by atoms with Gasteiger partial charge in [0.2, 0.25) is 5.90 Å². The summed E-state index contributed by atoms with van der Waals surface area (Å²) >= 11 is 0. The fraction of sp³-hybridized carbons (Fsp3) is 0.105. The van der Waals surface area contributed by atoms with Crippen molar-refractivity contribution in [3.05, 3.63) is 76.5 Å². The highest BCUT2D eigenvalue weighted by molar-refractivity contribution is 6.12. The lowest BCUT2D eigenvalue weighted by Crippen LogP contribution is -2.05. The van der Waals surface area contributed by atoms with Gasteiger partial charge in [0.1, 0.15) is 0 Å². The second-order valence-electron chi connectivity index (χ2n) is 5.32. The van der Waals surface area contributed by atoms with Gasteiger partial charge in [-0.2, -0.15) is 0 Å². The average Bonchev–Trinajstić information content (AvgIpc) is 2.96. The van der Waals surface area contributed by atoms with Crippen LogP contribution >= 0.6 is 0 Å². The van der Waals surface area contributed by atoms with Crippen LogP contribution in [-0.4, -0.2) is 24.9 Å². The van der Waals surface area contributed by atoms with Crippen LogP contribution in [0.25, 0.3) is 6.08 Å². The smallest absolute Gasteiger partial charge is 0.363 e. The number of aliphatic imine (C=N–C) groups is 1. The summed E-state index contributed by atoms with van der Waals surface area (Å²) in [5.74, 6) is -0.612. The second kappa shape index (κ2) is 6.50.